The molecule has 12 rings (SSSR count). The highest BCUT2D eigenvalue weighted by molar-refractivity contribution is 5.85. The lowest BCUT2D eigenvalue weighted by Crippen LogP contribution is -2.68. The Labute approximate surface area is 360 Å². The van der Waals surface area contributed by atoms with E-state index in [1.165, 1.54) is 29.5 Å². The minimum absolute atomic E-state index is 0.0343. The second-order valence-electron chi connectivity index (χ2n) is 22.6. The fraction of sp³-hybridized carbons (Fsp3) is 0.731. The minimum atomic E-state index is -0.454. The van der Waals surface area contributed by atoms with Crippen LogP contribution < -0.4 is 21.7 Å². The first-order chi connectivity index (χ1) is 29.0. The number of nitrogens with two attached hydrogens (primary N) is 1. The smallest absolute Gasteiger partial charge is 0.226 e. The van der Waals surface area contributed by atoms with Crippen molar-refractivity contribution < 1.29 is 19.1 Å². The zero-order valence-corrected chi connectivity index (χ0v) is 36.9. The maximum atomic E-state index is 15.2. The molecule has 4 unspecified atom stereocenters. The summed E-state index contributed by atoms with van der Waals surface area (Å²) in [5.41, 5.74) is 9.20. The van der Waals surface area contributed by atoms with Crippen molar-refractivity contribution in [1.29, 1.82) is 0 Å². The molecule has 10 fully saturated rings. The number of ether oxygens (including phenoxy) is 2. The average molecular weight is 819 g/mol. The van der Waals surface area contributed by atoms with E-state index in [0.29, 0.717) is 43.5 Å². The Bertz CT molecular complexity index is 1890. The molecule has 2 aromatic rings. The minimum Gasteiger partial charge on any atom is -0.381 e. The molecule has 0 aromatic heterocycles. The van der Waals surface area contributed by atoms with Crippen molar-refractivity contribution in [3.63, 3.8) is 0 Å². The highest BCUT2D eigenvalue weighted by Crippen LogP contribution is 2.75. The van der Waals surface area contributed by atoms with Gasteiger partial charge in [-0.05, 0) is 205 Å². The summed E-state index contributed by atoms with van der Waals surface area (Å²) in [6, 6.07) is 21.7. The molecule has 8 nitrogen and oxygen atoms in total. The van der Waals surface area contributed by atoms with Gasteiger partial charge in [-0.15, -0.1) is 0 Å². The predicted molar refractivity (Wildman–Crippen MR) is 237 cm³/mol. The van der Waals surface area contributed by atoms with Gasteiger partial charge in [0.1, 0.15) is 0 Å². The lowest BCUT2D eigenvalue weighted by atomic mass is 9.33. The molecule has 0 spiro atoms. The van der Waals surface area contributed by atoms with Crippen molar-refractivity contribution in [1.82, 2.24) is 16.0 Å². The van der Waals surface area contributed by atoms with Gasteiger partial charge in [0.25, 0.3) is 0 Å². The summed E-state index contributed by atoms with van der Waals surface area (Å²) in [5.74, 6) is 1.73. The molecular weight excluding hydrogens is 745 g/mol. The fourth-order valence-electron chi connectivity index (χ4n) is 17.0. The molecular formula is C52H74N4O4. The van der Waals surface area contributed by atoms with Crippen molar-refractivity contribution in [2.75, 3.05) is 46.1 Å². The second kappa shape index (κ2) is 15.5. The van der Waals surface area contributed by atoms with Crippen LogP contribution >= 0.6 is 0 Å². The quantitative estimate of drug-likeness (QED) is 0.154. The zero-order valence-electron chi connectivity index (χ0n) is 36.9. The third-order valence-corrected chi connectivity index (χ3v) is 18.2. The lowest BCUT2D eigenvalue weighted by molar-refractivity contribution is -0.180. The van der Waals surface area contributed by atoms with Crippen molar-refractivity contribution in [3.8, 4) is 0 Å². The van der Waals surface area contributed by atoms with Gasteiger partial charge in [0.15, 0.2) is 0 Å². The van der Waals surface area contributed by atoms with Crippen LogP contribution in [0, 0.1) is 33.5 Å². The van der Waals surface area contributed by atoms with Crippen LogP contribution in [0.4, 0.5) is 0 Å². The number of piperidine rings is 1. The van der Waals surface area contributed by atoms with Crippen LogP contribution in [-0.4, -0.2) is 70.0 Å². The molecule has 0 radical (unpaired) electrons. The number of amides is 2. The first-order valence-corrected chi connectivity index (χ1v) is 24.4. The summed E-state index contributed by atoms with van der Waals surface area (Å²) >= 11 is 0. The number of rotatable bonds is 14. The summed E-state index contributed by atoms with van der Waals surface area (Å²) in [5, 5.41) is 10.8. The van der Waals surface area contributed by atoms with Gasteiger partial charge in [-0.3, -0.25) is 9.59 Å². The van der Waals surface area contributed by atoms with Gasteiger partial charge in [-0.2, -0.15) is 0 Å². The Balaban J connectivity index is 1.01. The molecule has 60 heavy (non-hydrogen) atoms. The Morgan fingerprint density at radius 1 is 0.600 bits per heavy atom. The molecule has 10 aliphatic rings. The largest absolute Gasteiger partial charge is 0.381 e. The maximum Gasteiger partial charge on any atom is 0.226 e. The van der Waals surface area contributed by atoms with Crippen LogP contribution in [0.5, 0.6) is 0 Å². The highest BCUT2D eigenvalue weighted by atomic mass is 16.5. The molecule has 8 bridgehead atoms. The second-order valence-corrected chi connectivity index (χ2v) is 22.6. The van der Waals surface area contributed by atoms with Crippen molar-refractivity contribution in [2.45, 2.75) is 158 Å². The van der Waals surface area contributed by atoms with E-state index >= 15 is 4.79 Å². The van der Waals surface area contributed by atoms with Gasteiger partial charge in [-0.1, -0.05) is 54.6 Å². The van der Waals surface area contributed by atoms with E-state index in [1.54, 1.807) is 0 Å². The van der Waals surface area contributed by atoms with Crippen molar-refractivity contribution >= 4 is 11.8 Å². The van der Waals surface area contributed by atoms with Crippen LogP contribution in [0.3, 0.4) is 0 Å². The molecule has 2 amide bonds. The van der Waals surface area contributed by atoms with Gasteiger partial charge >= 0.3 is 0 Å². The monoisotopic (exact) mass is 819 g/mol. The predicted octanol–water partition coefficient (Wildman–Crippen LogP) is 8.00. The Kier molecular flexibility index (Phi) is 10.6. The van der Waals surface area contributed by atoms with Gasteiger partial charge < -0.3 is 31.2 Å². The van der Waals surface area contributed by atoms with E-state index < -0.39 is 5.41 Å². The molecule has 2 aromatic carbocycles. The molecule has 8 atom stereocenters. The molecule has 9 saturated carbocycles. The Morgan fingerprint density at radius 2 is 1.13 bits per heavy atom. The SMILES string of the molecule is CCOC[C@]12CC3CC(C(=O)NC4CCNCC4)(C1)C[C@@](c1ccc(C45CC6(C(=O)NC7CCC(CN)CC7)C[C@](COCC)(C4)C[C@@](c4ccccc4)(C6)C5)cc1)(C3)C2. The number of hydrogen-bond acceptors (Lipinski definition) is 6. The number of carbonyl (C=O) groups is 2. The van der Waals surface area contributed by atoms with Gasteiger partial charge in [0.05, 0.1) is 24.0 Å². The summed E-state index contributed by atoms with van der Waals surface area (Å²) < 4.78 is 12.8. The van der Waals surface area contributed by atoms with Crippen molar-refractivity contribution in [3.05, 3.63) is 71.3 Å². The number of carbonyl (C=O) groups excluding carboxylic acids is 2. The molecule has 1 aliphatic heterocycles. The van der Waals surface area contributed by atoms with E-state index in [2.05, 4.69) is 84.4 Å². The van der Waals surface area contributed by atoms with Gasteiger partial charge in [0, 0.05) is 25.3 Å². The first kappa shape index (κ1) is 41.2. The summed E-state index contributed by atoms with van der Waals surface area (Å²) in [6.07, 6.45) is 18.6. The van der Waals surface area contributed by atoms with Crippen molar-refractivity contribution in [2.24, 2.45) is 39.2 Å². The normalized spacial score (nSPS) is 41.7. The van der Waals surface area contributed by atoms with Crippen LogP contribution in [0.15, 0.2) is 54.6 Å². The molecule has 1 saturated heterocycles. The third-order valence-electron chi connectivity index (χ3n) is 18.2. The highest BCUT2D eigenvalue weighted by Gasteiger charge is 2.71. The Morgan fingerprint density at radius 3 is 1.77 bits per heavy atom. The third kappa shape index (κ3) is 7.01. The van der Waals surface area contributed by atoms with Crippen LogP contribution in [0.25, 0.3) is 0 Å². The number of benzene rings is 2. The molecule has 326 valence electrons. The van der Waals surface area contributed by atoms with Gasteiger partial charge in [-0.25, -0.2) is 0 Å². The summed E-state index contributed by atoms with van der Waals surface area (Å²) in [6.45, 7) is 9.81. The number of hydrogen-bond donors (Lipinski definition) is 4. The zero-order chi connectivity index (χ0) is 41.3. The van der Waals surface area contributed by atoms with Crippen LogP contribution in [0.2, 0.25) is 0 Å². The van der Waals surface area contributed by atoms with E-state index in [1.807, 2.05) is 0 Å². The van der Waals surface area contributed by atoms with Crippen LogP contribution in [0.1, 0.15) is 146 Å². The topological polar surface area (TPSA) is 115 Å². The van der Waals surface area contributed by atoms with Gasteiger partial charge in [0.2, 0.25) is 11.8 Å². The molecule has 1 heterocycles. The molecule has 8 heteroatoms. The van der Waals surface area contributed by atoms with Crippen LogP contribution in [-0.2, 0) is 35.3 Å². The van der Waals surface area contributed by atoms with E-state index in [0.717, 1.165) is 129 Å². The Hall–Kier alpha value is -2.78. The first-order valence-electron chi connectivity index (χ1n) is 24.4. The fourth-order valence-corrected chi connectivity index (χ4v) is 17.0. The van der Waals surface area contributed by atoms with E-state index in [4.69, 9.17) is 15.2 Å². The average Bonchev–Trinajstić information content (AvgIpc) is 3.25. The summed E-state index contributed by atoms with van der Waals surface area (Å²) in [4.78, 5) is 29.8. The maximum absolute atomic E-state index is 15.2. The summed E-state index contributed by atoms with van der Waals surface area (Å²) in [7, 11) is 0. The molecule has 9 aliphatic carbocycles. The standard InChI is InChI=1S/C52H74N4O4/c1-3-59-35-46-22-38-23-48(26-46,31-49(24-38,27-46)44(57)56-43-18-20-54-21-19-43)40-12-14-41(15-13-40)51-29-47(36-60-4-2)28-50(32-51,39-8-6-5-7-9-39)33-52(30-47,34-51)45(58)55-42-16-10-37(25-53)11-17-42/h5-9,12-15,37-38,42-43,54H,3-4,10-11,16-36,53H2,1-2H3,(H,55,58)(H,56,57)/t37?,38?,42?,46-,47+,48+,49?,50-,51?,52?/m0/s1. The lowest BCUT2D eigenvalue weighted by Gasteiger charge is -2.70. The van der Waals surface area contributed by atoms with E-state index in [-0.39, 0.29) is 44.6 Å². The molecule has 5 N–H and O–H groups in total. The van der Waals surface area contributed by atoms with E-state index in [9.17, 15) is 4.79 Å². The number of nitrogens with one attached hydrogen (secondary N) is 3.